The first-order valence-electron chi connectivity index (χ1n) is 11.3. The van der Waals surface area contributed by atoms with Crippen molar-refractivity contribution in [2.45, 2.75) is 53.6 Å². The number of ether oxygens (including phenoxy) is 2. The lowest BCUT2D eigenvalue weighted by atomic mass is 10.1. The van der Waals surface area contributed by atoms with Crippen molar-refractivity contribution in [2.75, 3.05) is 0 Å². The summed E-state index contributed by atoms with van der Waals surface area (Å²) in [5, 5.41) is 5.20. The van der Waals surface area contributed by atoms with E-state index in [1.54, 1.807) is 17.4 Å². The van der Waals surface area contributed by atoms with Gasteiger partial charge in [-0.25, -0.2) is 4.79 Å². The van der Waals surface area contributed by atoms with E-state index in [1.165, 1.54) is 16.3 Å². The van der Waals surface area contributed by atoms with Gasteiger partial charge in [-0.1, -0.05) is 30.3 Å². The zero-order chi connectivity index (χ0) is 24.5. The minimum absolute atomic E-state index is 0.367. The van der Waals surface area contributed by atoms with Gasteiger partial charge in [0.2, 0.25) is 0 Å². The number of aryl methyl sites for hydroxylation is 3. The first-order chi connectivity index (χ1) is 16.1. The number of rotatable bonds is 6. The predicted octanol–water partition coefficient (Wildman–Crippen LogP) is 7.88. The van der Waals surface area contributed by atoms with Gasteiger partial charge in [0.25, 0.3) is 0 Å². The molecule has 0 spiro atoms. The maximum atomic E-state index is 11.9. The van der Waals surface area contributed by atoms with Gasteiger partial charge in [-0.2, -0.15) is 0 Å². The SMILES string of the molecule is CCc1ccc2c(Oc3ccc(/C=C/C(=O)OC(C)(C)C)cc3)c(-c3c(C)noc3C)sc2c1. The molecule has 0 aliphatic heterocycles. The Bertz CT molecular complexity index is 1330. The van der Waals surface area contributed by atoms with Crippen molar-refractivity contribution in [1.82, 2.24) is 5.16 Å². The van der Waals surface area contributed by atoms with Crippen molar-refractivity contribution in [3.05, 3.63) is 71.1 Å². The number of nitrogens with zero attached hydrogens (tertiary/aromatic N) is 1. The Morgan fingerprint density at radius 2 is 1.85 bits per heavy atom. The minimum atomic E-state index is -0.515. The van der Waals surface area contributed by atoms with Gasteiger partial charge in [-0.3, -0.25) is 0 Å². The molecular weight excluding hydrogens is 446 g/mol. The Morgan fingerprint density at radius 3 is 2.47 bits per heavy atom. The normalized spacial score (nSPS) is 11.9. The Morgan fingerprint density at radius 1 is 1.12 bits per heavy atom. The summed E-state index contributed by atoms with van der Waals surface area (Å²) in [6, 6.07) is 14.1. The van der Waals surface area contributed by atoms with Gasteiger partial charge in [-0.15, -0.1) is 11.3 Å². The van der Waals surface area contributed by atoms with Crippen LogP contribution in [0, 0.1) is 13.8 Å². The fraction of sp³-hybridized carbons (Fsp3) is 0.286. The first kappa shape index (κ1) is 23.8. The smallest absolute Gasteiger partial charge is 0.331 e. The summed E-state index contributed by atoms with van der Waals surface area (Å²) in [7, 11) is 0. The molecule has 176 valence electrons. The average molecular weight is 476 g/mol. The molecule has 5 nitrogen and oxygen atoms in total. The van der Waals surface area contributed by atoms with Gasteiger partial charge < -0.3 is 14.0 Å². The average Bonchev–Trinajstić information content (AvgIpc) is 3.30. The van der Waals surface area contributed by atoms with E-state index in [2.05, 4.69) is 30.3 Å². The Balaban J connectivity index is 1.65. The fourth-order valence-electron chi connectivity index (χ4n) is 3.68. The summed E-state index contributed by atoms with van der Waals surface area (Å²) in [6.07, 6.45) is 4.15. The monoisotopic (exact) mass is 475 g/mol. The van der Waals surface area contributed by atoms with Gasteiger partial charge in [-0.05, 0) is 82.5 Å². The molecule has 0 bridgehead atoms. The summed E-state index contributed by atoms with van der Waals surface area (Å²) < 4.78 is 18.4. The molecular formula is C28H29NO4S. The number of carbonyl (C=O) groups excluding carboxylic acids is 1. The Hall–Kier alpha value is -3.38. The Kier molecular flexibility index (Phi) is 6.62. The van der Waals surface area contributed by atoms with Crippen LogP contribution in [0.15, 0.2) is 53.1 Å². The summed E-state index contributed by atoms with van der Waals surface area (Å²) in [5.74, 6) is 1.91. The number of carbonyl (C=O) groups is 1. The van der Waals surface area contributed by atoms with Gasteiger partial charge in [0, 0.05) is 16.2 Å². The fourth-order valence-corrected chi connectivity index (χ4v) is 5.01. The third kappa shape index (κ3) is 5.23. The van der Waals surface area contributed by atoms with Crippen LogP contribution in [0.25, 0.3) is 26.6 Å². The highest BCUT2D eigenvalue weighted by Crippen LogP contribution is 2.48. The van der Waals surface area contributed by atoms with E-state index >= 15 is 0 Å². The molecule has 4 rings (SSSR count). The molecule has 0 fully saturated rings. The molecule has 2 aromatic carbocycles. The number of fused-ring (bicyclic) bond motifs is 1. The number of thiophene rings is 1. The molecule has 0 aliphatic rings. The highest BCUT2D eigenvalue weighted by Gasteiger charge is 2.22. The third-order valence-corrected chi connectivity index (χ3v) is 6.45. The lowest BCUT2D eigenvalue weighted by Crippen LogP contribution is -2.22. The molecule has 6 heteroatoms. The van der Waals surface area contributed by atoms with Crippen molar-refractivity contribution in [3.8, 4) is 21.9 Å². The number of esters is 1. The zero-order valence-electron chi connectivity index (χ0n) is 20.4. The topological polar surface area (TPSA) is 61.6 Å². The first-order valence-corrected chi connectivity index (χ1v) is 12.1. The van der Waals surface area contributed by atoms with Crippen LogP contribution in [0.5, 0.6) is 11.5 Å². The minimum Gasteiger partial charge on any atom is -0.457 e. The van der Waals surface area contributed by atoms with E-state index in [-0.39, 0.29) is 5.97 Å². The quantitative estimate of drug-likeness (QED) is 0.210. The van der Waals surface area contributed by atoms with E-state index in [0.29, 0.717) is 5.75 Å². The zero-order valence-corrected chi connectivity index (χ0v) is 21.2. The van der Waals surface area contributed by atoms with Crippen LogP contribution in [0.2, 0.25) is 0 Å². The van der Waals surface area contributed by atoms with Crippen molar-refractivity contribution in [2.24, 2.45) is 0 Å². The number of hydrogen-bond acceptors (Lipinski definition) is 6. The molecule has 0 aliphatic carbocycles. The summed E-state index contributed by atoms with van der Waals surface area (Å²) in [4.78, 5) is 12.9. The standard InChI is InChI=1S/C28H29NO4S/c1-7-19-10-14-22-23(16-19)34-27(25-17(2)29-33-18(25)3)26(22)31-21-12-8-20(9-13-21)11-15-24(30)32-28(4,5)6/h8-16H,7H2,1-6H3/b15-11+. The van der Waals surface area contributed by atoms with Crippen LogP contribution in [0.3, 0.4) is 0 Å². The van der Waals surface area contributed by atoms with Crippen LogP contribution >= 0.6 is 11.3 Å². The molecule has 4 aromatic rings. The lowest BCUT2D eigenvalue weighted by Gasteiger charge is -2.17. The highest BCUT2D eigenvalue weighted by molar-refractivity contribution is 7.22. The second kappa shape index (κ2) is 9.47. The molecule has 0 saturated heterocycles. The summed E-state index contributed by atoms with van der Waals surface area (Å²) in [5.41, 5.74) is 3.47. The number of hydrogen-bond donors (Lipinski definition) is 0. The van der Waals surface area contributed by atoms with E-state index < -0.39 is 5.60 Å². The van der Waals surface area contributed by atoms with Crippen LogP contribution in [0.1, 0.15) is 50.3 Å². The van der Waals surface area contributed by atoms with Gasteiger partial charge in [0.1, 0.15) is 17.1 Å². The third-order valence-electron chi connectivity index (χ3n) is 5.30. The molecule has 0 atom stereocenters. The Labute approximate surface area is 204 Å². The predicted molar refractivity (Wildman–Crippen MR) is 138 cm³/mol. The second-order valence-corrected chi connectivity index (χ2v) is 10.2. The van der Waals surface area contributed by atoms with Gasteiger partial charge in [0.15, 0.2) is 5.75 Å². The second-order valence-electron chi connectivity index (χ2n) is 9.18. The highest BCUT2D eigenvalue weighted by atomic mass is 32.1. The lowest BCUT2D eigenvalue weighted by molar-refractivity contribution is -0.148. The molecule has 0 amide bonds. The largest absolute Gasteiger partial charge is 0.457 e. The molecule has 2 heterocycles. The summed E-state index contributed by atoms with van der Waals surface area (Å²) >= 11 is 1.69. The number of aromatic nitrogens is 1. The van der Waals surface area contributed by atoms with Crippen LogP contribution in [-0.4, -0.2) is 16.7 Å². The van der Waals surface area contributed by atoms with Crippen molar-refractivity contribution < 1.29 is 18.8 Å². The maximum absolute atomic E-state index is 11.9. The van der Waals surface area contributed by atoms with Crippen molar-refractivity contribution >= 4 is 33.5 Å². The maximum Gasteiger partial charge on any atom is 0.331 e. The molecule has 0 saturated carbocycles. The van der Waals surface area contributed by atoms with Crippen molar-refractivity contribution in [1.29, 1.82) is 0 Å². The van der Waals surface area contributed by atoms with Crippen molar-refractivity contribution in [3.63, 3.8) is 0 Å². The van der Waals surface area contributed by atoms with E-state index in [9.17, 15) is 4.79 Å². The molecule has 0 radical (unpaired) electrons. The summed E-state index contributed by atoms with van der Waals surface area (Å²) in [6.45, 7) is 11.6. The molecule has 2 aromatic heterocycles. The van der Waals surface area contributed by atoms with E-state index in [0.717, 1.165) is 45.0 Å². The van der Waals surface area contributed by atoms with E-state index in [4.69, 9.17) is 14.0 Å². The van der Waals surface area contributed by atoms with Crippen LogP contribution < -0.4 is 4.74 Å². The van der Waals surface area contributed by atoms with Crippen LogP contribution in [-0.2, 0) is 16.0 Å². The molecule has 0 N–H and O–H groups in total. The number of benzene rings is 2. The molecule has 34 heavy (non-hydrogen) atoms. The molecule has 0 unspecified atom stereocenters. The van der Waals surface area contributed by atoms with Gasteiger partial charge in [0.05, 0.1) is 16.1 Å². The van der Waals surface area contributed by atoms with Crippen LogP contribution in [0.4, 0.5) is 0 Å². The van der Waals surface area contributed by atoms with Gasteiger partial charge >= 0.3 is 5.97 Å². The van der Waals surface area contributed by atoms with E-state index in [1.807, 2.05) is 58.9 Å².